The number of esters is 1. The van der Waals surface area contributed by atoms with Crippen molar-refractivity contribution in [2.75, 3.05) is 7.11 Å². The molecule has 0 aliphatic rings. The summed E-state index contributed by atoms with van der Waals surface area (Å²) >= 11 is 3.32. The van der Waals surface area contributed by atoms with Crippen LogP contribution < -0.4 is 4.74 Å². The van der Waals surface area contributed by atoms with Gasteiger partial charge >= 0.3 is 5.97 Å². The summed E-state index contributed by atoms with van der Waals surface area (Å²) in [7, 11) is 1.34. The quantitative estimate of drug-likeness (QED) is 0.782. The second-order valence-electron chi connectivity index (χ2n) is 2.71. The molecule has 14 heavy (non-hydrogen) atoms. The molecule has 1 aromatic carbocycles. The summed E-state index contributed by atoms with van der Waals surface area (Å²) in [5, 5.41) is 0. The van der Waals surface area contributed by atoms with E-state index in [4.69, 9.17) is 4.74 Å². The minimum Gasteiger partial charge on any atom is -0.478 e. The van der Waals surface area contributed by atoms with Gasteiger partial charge in [0.25, 0.3) is 0 Å². The Bertz CT molecular complexity index is 325. The number of carbonyl (C=O) groups is 1. The van der Waals surface area contributed by atoms with E-state index in [0.717, 1.165) is 4.47 Å². The van der Waals surface area contributed by atoms with Crippen LogP contribution in [0.4, 0.5) is 0 Å². The number of hydrogen-bond donors (Lipinski definition) is 0. The van der Waals surface area contributed by atoms with Crippen molar-refractivity contribution in [3.8, 4) is 5.75 Å². The van der Waals surface area contributed by atoms with E-state index in [1.807, 2.05) is 18.2 Å². The van der Waals surface area contributed by atoms with Gasteiger partial charge in [0, 0.05) is 0 Å². The zero-order valence-electron chi connectivity index (χ0n) is 7.99. The molecule has 0 heterocycles. The second kappa shape index (κ2) is 5.00. The lowest BCUT2D eigenvalue weighted by Gasteiger charge is -2.13. The van der Waals surface area contributed by atoms with Crippen molar-refractivity contribution < 1.29 is 14.3 Å². The number of ether oxygens (including phenoxy) is 2. The van der Waals surface area contributed by atoms with Gasteiger partial charge in [-0.25, -0.2) is 4.79 Å². The van der Waals surface area contributed by atoms with Gasteiger partial charge in [-0.05, 0) is 35.0 Å². The third kappa shape index (κ3) is 2.73. The highest BCUT2D eigenvalue weighted by atomic mass is 79.9. The predicted molar refractivity (Wildman–Crippen MR) is 56.2 cm³/mol. The lowest BCUT2D eigenvalue weighted by molar-refractivity contribution is -0.147. The van der Waals surface area contributed by atoms with Crippen LogP contribution >= 0.6 is 15.9 Å². The smallest absolute Gasteiger partial charge is 0.346 e. The van der Waals surface area contributed by atoms with Crippen LogP contribution in [0.5, 0.6) is 5.75 Å². The van der Waals surface area contributed by atoms with Crippen molar-refractivity contribution in [2.45, 2.75) is 13.0 Å². The number of benzene rings is 1. The Morgan fingerprint density at radius 1 is 1.43 bits per heavy atom. The molecular weight excluding hydrogens is 248 g/mol. The van der Waals surface area contributed by atoms with Crippen LogP contribution in [0.15, 0.2) is 28.7 Å². The number of halogens is 1. The number of rotatable bonds is 3. The fourth-order valence-electron chi connectivity index (χ4n) is 0.945. The predicted octanol–water partition coefficient (Wildman–Crippen LogP) is 2.39. The van der Waals surface area contributed by atoms with E-state index in [2.05, 4.69) is 20.7 Å². The molecule has 0 radical (unpaired) electrons. The first kappa shape index (κ1) is 11.0. The monoisotopic (exact) mass is 258 g/mol. The molecule has 0 aromatic heterocycles. The van der Waals surface area contributed by atoms with Crippen molar-refractivity contribution in [3.63, 3.8) is 0 Å². The van der Waals surface area contributed by atoms with E-state index < -0.39 is 6.10 Å². The van der Waals surface area contributed by atoms with E-state index >= 15 is 0 Å². The third-order valence-electron chi connectivity index (χ3n) is 1.67. The highest BCUT2D eigenvalue weighted by molar-refractivity contribution is 9.10. The number of para-hydroxylation sites is 1. The summed E-state index contributed by atoms with van der Waals surface area (Å²) in [6, 6.07) is 7.34. The standard InChI is InChI=1S/C10H11BrO3/c1-7(10(12)13-2)14-9-6-4-3-5-8(9)11/h3-7H,1-2H3/t7-/m0/s1. The molecule has 3 nitrogen and oxygen atoms in total. The topological polar surface area (TPSA) is 35.5 Å². The van der Waals surface area contributed by atoms with Gasteiger partial charge in [-0.3, -0.25) is 0 Å². The maximum Gasteiger partial charge on any atom is 0.346 e. The van der Waals surface area contributed by atoms with Crippen LogP contribution in [0, 0.1) is 0 Å². The highest BCUT2D eigenvalue weighted by Gasteiger charge is 2.15. The fraction of sp³-hybridized carbons (Fsp3) is 0.300. The molecule has 1 atom stereocenters. The highest BCUT2D eigenvalue weighted by Crippen LogP contribution is 2.24. The van der Waals surface area contributed by atoms with Crippen LogP contribution in [-0.2, 0) is 9.53 Å². The summed E-state index contributed by atoms with van der Waals surface area (Å²) in [6.45, 7) is 1.64. The Balaban J connectivity index is 2.69. The third-order valence-corrected chi connectivity index (χ3v) is 2.33. The van der Waals surface area contributed by atoms with Crippen LogP contribution in [0.1, 0.15) is 6.92 Å². The lowest BCUT2D eigenvalue weighted by atomic mass is 10.3. The van der Waals surface area contributed by atoms with Gasteiger partial charge in [-0.1, -0.05) is 12.1 Å². The largest absolute Gasteiger partial charge is 0.478 e. The van der Waals surface area contributed by atoms with Gasteiger partial charge in [-0.2, -0.15) is 0 Å². The molecule has 76 valence electrons. The average molecular weight is 259 g/mol. The summed E-state index contributed by atoms with van der Waals surface area (Å²) in [5.41, 5.74) is 0. The summed E-state index contributed by atoms with van der Waals surface area (Å²) in [5.74, 6) is 0.242. The molecule has 1 aromatic rings. The molecule has 0 saturated heterocycles. The first-order chi connectivity index (χ1) is 6.65. The van der Waals surface area contributed by atoms with Gasteiger partial charge in [0.15, 0.2) is 6.10 Å². The van der Waals surface area contributed by atoms with Gasteiger partial charge in [0.05, 0.1) is 11.6 Å². The molecule has 0 N–H and O–H groups in total. The van der Waals surface area contributed by atoms with Gasteiger partial charge in [-0.15, -0.1) is 0 Å². The van der Waals surface area contributed by atoms with E-state index in [1.54, 1.807) is 13.0 Å². The summed E-state index contributed by atoms with van der Waals surface area (Å²) < 4.78 is 10.7. The minimum absolute atomic E-state index is 0.388. The lowest BCUT2D eigenvalue weighted by Crippen LogP contribution is -2.24. The Labute approximate surface area is 91.1 Å². The molecule has 0 unspecified atom stereocenters. The molecule has 4 heteroatoms. The van der Waals surface area contributed by atoms with Gasteiger partial charge < -0.3 is 9.47 Å². The van der Waals surface area contributed by atoms with E-state index in [0.29, 0.717) is 5.75 Å². The Morgan fingerprint density at radius 2 is 2.07 bits per heavy atom. The zero-order valence-corrected chi connectivity index (χ0v) is 9.58. The Kier molecular flexibility index (Phi) is 3.95. The molecular formula is C10H11BrO3. The zero-order chi connectivity index (χ0) is 10.6. The second-order valence-corrected chi connectivity index (χ2v) is 3.57. The van der Waals surface area contributed by atoms with Crippen LogP contribution in [0.3, 0.4) is 0 Å². The number of carbonyl (C=O) groups excluding carboxylic acids is 1. The molecule has 0 amide bonds. The first-order valence-corrected chi connectivity index (χ1v) is 4.93. The molecule has 0 aliphatic heterocycles. The Morgan fingerprint density at radius 3 is 2.64 bits per heavy atom. The van der Waals surface area contributed by atoms with E-state index in [1.165, 1.54) is 7.11 Å². The fourth-order valence-corrected chi connectivity index (χ4v) is 1.32. The van der Waals surface area contributed by atoms with Gasteiger partial charge in [0.2, 0.25) is 0 Å². The average Bonchev–Trinajstić information content (AvgIpc) is 2.20. The molecule has 0 fully saturated rings. The van der Waals surface area contributed by atoms with Crippen LogP contribution in [0.25, 0.3) is 0 Å². The summed E-state index contributed by atoms with van der Waals surface area (Å²) in [6.07, 6.45) is -0.598. The van der Waals surface area contributed by atoms with E-state index in [-0.39, 0.29) is 5.97 Å². The van der Waals surface area contributed by atoms with E-state index in [9.17, 15) is 4.79 Å². The normalized spacial score (nSPS) is 11.9. The molecule has 0 bridgehead atoms. The maximum absolute atomic E-state index is 11.1. The van der Waals surface area contributed by atoms with Crippen LogP contribution in [-0.4, -0.2) is 19.2 Å². The molecule has 0 saturated carbocycles. The molecule has 0 spiro atoms. The van der Waals surface area contributed by atoms with Crippen molar-refractivity contribution in [2.24, 2.45) is 0 Å². The molecule has 0 aliphatic carbocycles. The number of methoxy groups -OCH3 is 1. The van der Waals surface area contributed by atoms with Crippen molar-refractivity contribution >= 4 is 21.9 Å². The Hall–Kier alpha value is -1.03. The van der Waals surface area contributed by atoms with Crippen LogP contribution in [0.2, 0.25) is 0 Å². The SMILES string of the molecule is COC(=O)[C@H](C)Oc1ccccc1Br. The van der Waals surface area contributed by atoms with Crippen molar-refractivity contribution in [3.05, 3.63) is 28.7 Å². The number of hydrogen-bond acceptors (Lipinski definition) is 3. The minimum atomic E-state index is -0.598. The van der Waals surface area contributed by atoms with Crippen molar-refractivity contribution in [1.82, 2.24) is 0 Å². The molecule has 1 rings (SSSR count). The maximum atomic E-state index is 11.1. The first-order valence-electron chi connectivity index (χ1n) is 4.14. The van der Waals surface area contributed by atoms with Gasteiger partial charge in [0.1, 0.15) is 5.75 Å². The van der Waals surface area contributed by atoms with Crippen molar-refractivity contribution in [1.29, 1.82) is 0 Å². The summed E-state index contributed by atoms with van der Waals surface area (Å²) in [4.78, 5) is 11.1.